The molecule has 0 fully saturated rings. The Morgan fingerprint density at radius 2 is 1.61 bits per heavy atom. The number of halogens is 7. The number of nitrogens with two attached hydrogens (primary N) is 1. The van der Waals surface area contributed by atoms with Crippen LogP contribution in [0, 0.1) is 0 Å². The maximum Gasteiger partial charge on any atom is 0.434 e. The Labute approximate surface area is 105 Å². The van der Waals surface area contributed by atoms with Gasteiger partial charge in [-0.05, 0) is 15.9 Å². The molecular weight excluding hydrogens is 334 g/mol. The lowest BCUT2D eigenvalue weighted by Crippen LogP contribution is -2.46. The van der Waals surface area contributed by atoms with E-state index in [0.29, 0.717) is 0 Å². The molecule has 1 aromatic heterocycles. The Kier molecular flexibility index (Phi) is 3.99. The molecule has 0 unspecified atom stereocenters. The highest BCUT2D eigenvalue weighted by Crippen LogP contribution is 2.40. The summed E-state index contributed by atoms with van der Waals surface area (Å²) in [7, 11) is 0. The van der Waals surface area contributed by atoms with E-state index in [1.807, 2.05) is 0 Å². The second kappa shape index (κ2) is 4.82. The fourth-order valence-electron chi connectivity index (χ4n) is 1.000. The zero-order valence-corrected chi connectivity index (χ0v) is 9.90. The van der Waals surface area contributed by atoms with Crippen molar-refractivity contribution in [2.24, 2.45) is 0 Å². The summed E-state index contributed by atoms with van der Waals surface area (Å²) in [5.74, 6) is -0.760. The third-order valence-corrected chi connectivity index (χ3v) is 2.28. The molecule has 3 nitrogen and oxygen atoms in total. The van der Waals surface area contributed by atoms with Crippen LogP contribution in [0.3, 0.4) is 0 Å². The van der Waals surface area contributed by atoms with Crippen molar-refractivity contribution < 1.29 is 31.1 Å². The van der Waals surface area contributed by atoms with Gasteiger partial charge in [0, 0.05) is 6.20 Å². The summed E-state index contributed by atoms with van der Waals surface area (Å²) >= 11 is 2.71. The molecule has 102 valence electrons. The first kappa shape index (κ1) is 14.9. The van der Waals surface area contributed by atoms with Gasteiger partial charge >= 0.3 is 12.4 Å². The maximum atomic E-state index is 12.2. The molecule has 1 rings (SSSR count). The predicted octanol–water partition coefficient (Wildman–Crippen LogP) is 3.30. The fourth-order valence-corrected chi connectivity index (χ4v) is 1.44. The molecule has 0 spiro atoms. The summed E-state index contributed by atoms with van der Waals surface area (Å²) in [4.78, 5) is 3.46. The lowest BCUT2D eigenvalue weighted by molar-refractivity contribution is -0.299. The van der Waals surface area contributed by atoms with Crippen molar-refractivity contribution in [1.82, 2.24) is 4.98 Å². The van der Waals surface area contributed by atoms with Crippen LogP contribution in [0.15, 0.2) is 16.9 Å². The van der Waals surface area contributed by atoms with Crippen molar-refractivity contribution in [3.05, 3.63) is 16.9 Å². The van der Waals surface area contributed by atoms with E-state index in [2.05, 4.69) is 25.7 Å². The molecule has 0 saturated carbocycles. The van der Waals surface area contributed by atoms with Crippen LogP contribution in [0.1, 0.15) is 0 Å². The van der Waals surface area contributed by atoms with Gasteiger partial charge in [0.1, 0.15) is 0 Å². The van der Waals surface area contributed by atoms with Gasteiger partial charge in [-0.2, -0.15) is 26.3 Å². The summed E-state index contributed by atoms with van der Waals surface area (Å²) < 4.78 is 77.2. The fraction of sp³-hybridized carbons (Fsp3) is 0.375. The number of nitrogen functional groups attached to an aromatic ring is 1. The molecular formula is C8H5BrF6N2O. The largest absolute Gasteiger partial charge is 0.468 e. The number of nitrogens with zero attached hydrogens (tertiary/aromatic N) is 1. The average Bonchev–Trinajstić information content (AvgIpc) is 2.12. The summed E-state index contributed by atoms with van der Waals surface area (Å²) in [6, 6.07) is 0. The van der Waals surface area contributed by atoms with Crippen molar-refractivity contribution in [1.29, 1.82) is 0 Å². The zero-order valence-electron chi connectivity index (χ0n) is 8.31. The quantitative estimate of drug-likeness (QED) is 0.842. The summed E-state index contributed by atoms with van der Waals surface area (Å²) in [5.41, 5.74) is 4.76. The molecule has 0 saturated heterocycles. The van der Waals surface area contributed by atoms with Crippen LogP contribution in [0.5, 0.6) is 5.75 Å². The average molecular weight is 339 g/mol. The van der Waals surface area contributed by atoms with Gasteiger partial charge in [0.25, 0.3) is 6.10 Å². The molecule has 0 aliphatic rings. The minimum absolute atomic E-state index is 0.207. The summed E-state index contributed by atoms with van der Waals surface area (Å²) in [6.07, 6.45) is -13.3. The number of anilines is 1. The van der Waals surface area contributed by atoms with Crippen molar-refractivity contribution in [3.63, 3.8) is 0 Å². The molecule has 0 bridgehead atoms. The molecule has 0 aliphatic heterocycles. The lowest BCUT2D eigenvalue weighted by Gasteiger charge is -2.24. The van der Waals surface area contributed by atoms with Gasteiger partial charge in [-0.3, -0.25) is 4.98 Å². The third-order valence-electron chi connectivity index (χ3n) is 1.71. The van der Waals surface area contributed by atoms with Crippen molar-refractivity contribution in [3.8, 4) is 5.75 Å². The molecule has 0 radical (unpaired) electrons. The van der Waals surface area contributed by atoms with Gasteiger partial charge < -0.3 is 10.5 Å². The predicted molar refractivity (Wildman–Crippen MR) is 52.9 cm³/mol. The Hall–Kier alpha value is -1.19. The normalized spacial score (nSPS) is 12.9. The number of aromatic nitrogens is 1. The van der Waals surface area contributed by atoms with Gasteiger partial charge in [0.15, 0.2) is 5.75 Å². The SMILES string of the molecule is Nc1cncc(Br)c1OC(C(F)(F)F)C(F)(F)F. The molecule has 2 N–H and O–H groups in total. The van der Waals surface area contributed by atoms with Crippen LogP contribution < -0.4 is 10.5 Å². The van der Waals surface area contributed by atoms with E-state index in [0.717, 1.165) is 12.4 Å². The monoisotopic (exact) mass is 338 g/mol. The molecule has 0 aromatic carbocycles. The Morgan fingerprint density at radius 3 is 2.00 bits per heavy atom. The number of ether oxygens (including phenoxy) is 1. The molecule has 0 aliphatic carbocycles. The van der Waals surface area contributed by atoms with Crippen LogP contribution in [0.25, 0.3) is 0 Å². The van der Waals surface area contributed by atoms with E-state index in [-0.39, 0.29) is 4.47 Å². The maximum absolute atomic E-state index is 12.2. The van der Waals surface area contributed by atoms with Crippen LogP contribution in [-0.4, -0.2) is 23.4 Å². The first-order chi connectivity index (χ1) is 8.03. The third kappa shape index (κ3) is 3.40. The first-order valence-electron chi connectivity index (χ1n) is 4.22. The molecule has 0 atom stereocenters. The van der Waals surface area contributed by atoms with E-state index < -0.39 is 29.9 Å². The van der Waals surface area contributed by atoms with Crippen LogP contribution in [-0.2, 0) is 0 Å². The Balaban J connectivity index is 3.13. The minimum atomic E-state index is -5.60. The highest BCUT2D eigenvalue weighted by atomic mass is 79.9. The van der Waals surface area contributed by atoms with Crippen molar-refractivity contribution in [2.75, 3.05) is 5.73 Å². The van der Waals surface area contributed by atoms with Crippen molar-refractivity contribution >= 4 is 21.6 Å². The Bertz CT molecular complexity index is 398. The van der Waals surface area contributed by atoms with Gasteiger partial charge in [0.2, 0.25) is 0 Å². The number of pyridine rings is 1. The second-order valence-corrected chi connectivity index (χ2v) is 3.98. The van der Waals surface area contributed by atoms with E-state index in [4.69, 9.17) is 5.73 Å². The molecule has 1 heterocycles. The topological polar surface area (TPSA) is 48.1 Å². The van der Waals surface area contributed by atoms with E-state index in [9.17, 15) is 26.3 Å². The summed E-state index contributed by atoms with van der Waals surface area (Å²) in [6.45, 7) is 0. The highest BCUT2D eigenvalue weighted by Gasteiger charge is 2.59. The molecule has 0 amide bonds. The molecule has 1 aromatic rings. The van der Waals surface area contributed by atoms with E-state index >= 15 is 0 Å². The van der Waals surface area contributed by atoms with Gasteiger partial charge in [-0.25, -0.2) is 0 Å². The Morgan fingerprint density at radius 1 is 1.11 bits per heavy atom. The van der Waals surface area contributed by atoms with Crippen LogP contribution >= 0.6 is 15.9 Å². The number of hydrogen-bond donors (Lipinski definition) is 1. The highest BCUT2D eigenvalue weighted by molar-refractivity contribution is 9.10. The number of rotatable bonds is 2. The molecule has 10 heteroatoms. The van der Waals surface area contributed by atoms with Crippen LogP contribution in [0.4, 0.5) is 32.0 Å². The first-order valence-corrected chi connectivity index (χ1v) is 5.02. The van der Waals surface area contributed by atoms with Crippen molar-refractivity contribution in [2.45, 2.75) is 18.5 Å². The van der Waals surface area contributed by atoms with Gasteiger partial charge in [-0.1, -0.05) is 0 Å². The summed E-state index contributed by atoms with van der Waals surface area (Å²) in [5, 5.41) is 0. The number of hydrogen-bond acceptors (Lipinski definition) is 3. The standard InChI is InChI=1S/C8H5BrF6N2O/c9-3-1-17-2-4(16)5(3)18-6(7(10,11)12)8(13,14)15/h1-2,6H,16H2. The lowest BCUT2D eigenvalue weighted by atomic mass is 10.3. The van der Waals surface area contributed by atoms with Gasteiger partial charge in [0.05, 0.1) is 16.4 Å². The minimum Gasteiger partial charge on any atom is -0.468 e. The van der Waals surface area contributed by atoms with E-state index in [1.54, 1.807) is 0 Å². The van der Waals surface area contributed by atoms with Gasteiger partial charge in [-0.15, -0.1) is 0 Å². The smallest absolute Gasteiger partial charge is 0.434 e. The van der Waals surface area contributed by atoms with E-state index in [1.165, 1.54) is 0 Å². The second-order valence-electron chi connectivity index (χ2n) is 3.12. The number of alkyl halides is 6. The molecule has 18 heavy (non-hydrogen) atoms. The zero-order chi connectivity index (χ0) is 14.1. The van der Waals surface area contributed by atoms with Crippen LogP contribution in [0.2, 0.25) is 0 Å².